The maximum Gasteiger partial charge on any atom is 0.329 e. The molecule has 2 N–H and O–H groups in total. The highest BCUT2D eigenvalue weighted by Crippen LogP contribution is 2.34. The number of nitrogens with zero attached hydrogens (tertiary/aromatic N) is 1. The summed E-state index contributed by atoms with van der Waals surface area (Å²) in [5.41, 5.74) is -1.15. The Morgan fingerprint density at radius 3 is 2.52 bits per heavy atom. The molecule has 0 radical (unpaired) electrons. The van der Waals surface area contributed by atoms with Gasteiger partial charge in [-0.15, -0.1) is 0 Å². The number of carboxylic acids is 1. The van der Waals surface area contributed by atoms with E-state index in [4.69, 9.17) is 0 Å². The van der Waals surface area contributed by atoms with E-state index in [2.05, 4.69) is 12.2 Å². The molecule has 1 saturated carbocycles. The third kappa shape index (κ3) is 3.54. The Morgan fingerprint density at radius 2 is 2.05 bits per heavy atom. The van der Waals surface area contributed by atoms with Gasteiger partial charge in [0.15, 0.2) is 0 Å². The molecule has 1 aliphatic heterocycles. The van der Waals surface area contributed by atoms with Crippen LogP contribution in [-0.4, -0.2) is 46.4 Å². The largest absolute Gasteiger partial charge is 0.480 e. The Morgan fingerprint density at radius 1 is 1.38 bits per heavy atom. The molecule has 0 aromatic heterocycles. The van der Waals surface area contributed by atoms with Gasteiger partial charge in [-0.25, -0.2) is 4.79 Å². The van der Waals surface area contributed by atoms with Crippen molar-refractivity contribution in [2.45, 2.75) is 57.4 Å². The van der Waals surface area contributed by atoms with Gasteiger partial charge in [0, 0.05) is 13.0 Å². The molecule has 0 unspecified atom stereocenters. The molecular weight excluding hydrogens is 272 g/mol. The van der Waals surface area contributed by atoms with Gasteiger partial charge in [-0.2, -0.15) is 0 Å². The number of amides is 2. The van der Waals surface area contributed by atoms with E-state index < -0.39 is 11.5 Å². The molecule has 1 saturated heterocycles. The van der Waals surface area contributed by atoms with Crippen LogP contribution in [-0.2, 0) is 14.4 Å². The summed E-state index contributed by atoms with van der Waals surface area (Å²) in [6.07, 6.45) is 4.90. The number of hydrogen-bond acceptors (Lipinski definition) is 3. The van der Waals surface area contributed by atoms with E-state index in [-0.39, 0.29) is 18.4 Å². The lowest BCUT2D eigenvalue weighted by molar-refractivity contribution is -0.150. The molecular formula is C15H24N2O4. The maximum absolute atomic E-state index is 12.1. The molecule has 6 heteroatoms. The van der Waals surface area contributed by atoms with E-state index in [0.717, 1.165) is 25.7 Å². The average Bonchev–Trinajstić information content (AvgIpc) is 2.84. The molecule has 6 nitrogen and oxygen atoms in total. The predicted octanol–water partition coefficient (Wildman–Crippen LogP) is 1.15. The predicted molar refractivity (Wildman–Crippen MR) is 76.6 cm³/mol. The van der Waals surface area contributed by atoms with Crippen LogP contribution in [0.5, 0.6) is 0 Å². The lowest BCUT2D eigenvalue weighted by Crippen LogP contribution is -2.58. The van der Waals surface area contributed by atoms with Crippen molar-refractivity contribution >= 4 is 17.8 Å². The molecule has 2 fully saturated rings. The van der Waals surface area contributed by atoms with Crippen molar-refractivity contribution in [1.82, 2.24) is 10.2 Å². The Kier molecular flexibility index (Phi) is 4.85. The summed E-state index contributed by atoms with van der Waals surface area (Å²) in [6.45, 7) is 2.67. The molecule has 21 heavy (non-hydrogen) atoms. The summed E-state index contributed by atoms with van der Waals surface area (Å²) >= 11 is 0. The number of aliphatic carboxylic acids is 1. The summed E-state index contributed by atoms with van der Waals surface area (Å²) in [4.78, 5) is 36.7. The highest BCUT2D eigenvalue weighted by Gasteiger charge is 2.43. The monoisotopic (exact) mass is 296 g/mol. The Balaban J connectivity index is 1.95. The topological polar surface area (TPSA) is 86.7 Å². The molecule has 0 aromatic rings. The van der Waals surface area contributed by atoms with Gasteiger partial charge in [-0.05, 0) is 38.0 Å². The minimum atomic E-state index is -1.15. The van der Waals surface area contributed by atoms with Crippen molar-refractivity contribution in [1.29, 1.82) is 0 Å². The lowest BCUT2D eigenvalue weighted by atomic mass is 9.75. The van der Waals surface area contributed by atoms with Crippen molar-refractivity contribution in [3.05, 3.63) is 0 Å². The Bertz CT molecular complexity index is 427. The fraction of sp³-hybridized carbons (Fsp3) is 0.800. The van der Waals surface area contributed by atoms with E-state index >= 15 is 0 Å². The van der Waals surface area contributed by atoms with Crippen molar-refractivity contribution in [3.8, 4) is 0 Å². The van der Waals surface area contributed by atoms with Gasteiger partial charge in [-0.3, -0.25) is 9.59 Å². The highest BCUT2D eigenvalue weighted by atomic mass is 16.4. The van der Waals surface area contributed by atoms with Crippen LogP contribution >= 0.6 is 0 Å². The summed E-state index contributed by atoms with van der Waals surface area (Å²) < 4.78 is 0. The smallest absolute Gasteiger partial charge is 0.329 e. The van der Waals surface area contributed by atoms with Crippen molar-refractivity contribution in [2.24, 2.45) is 5.92 Å². The average molecular weight is 296 g/mol. The van der Waals surface area contributed by atoms with Crippen molar-refractivity contribution in [3.63, 3.8) is 0 Å². The fourth-order valence-electron chi connectivity index (χ4n) is 3.32. The number of hydrogen-bond donors (Lipinski definition) is 2. The Labute approximate surface area is 124 Å². The van der Waals surface area contributed by atoms with Crippen LogP contribution in [0.3, 0.4) is 0 Å². The van der Waals surface area contributed by atoms with Crippen LogP contribution in [0.2, 0.25) is 0 Å². The first-order chi connectivity index (χ1) is 9.97. The lowest BCUT2D eigenvalue weighted by Gasteiger charge is -2.37. The molecule has 1 heterocycles. The van der Waals surface area contributed by atoms with Crippen LogP contribution in [0.4, 0.5) is 0 Å². The molecule has 1 aliphatic carbocycles. The zero-order valence-corrected chi connectivity index (χ0v) is 12.6. The SMILES string of the molecule is CCC1CCC(NC(=O)CN2CCCC2=O)(C(=O)O)CC1. The van der Waals surface area contributed by atoms with Crippen LogP contribution in [0.25, 0.3) is 0 Å². The minimum absolute atomic E-state index is 0.0227. The summed E-state index contributed by atoms with van der Waals surface area (Å²) in [5, 5.41) is 12.2. The van der Waals surface area contributed by atoms with Crippen molar-refractivity contribution in [2.75, 3.05) is 13.1 Å². The van der Waals surface area contributed by atoms with Gasteiger partial charge in [-0.1, -0.05) is 13.3 Å². The number of carbonyl (C=O) groups is 3. The number of rotatable bonds is 5. The van der Waals surface area contributed by atoms with Crippen LogP contribution in [0, 0.1) is 5.92 Å². The zero-order chi connectivity index (χ0) is 15.5. The van der Waals surface area contributed by atoms with Crippen molar-refractivity contribution < 1.29 is 19.5 Å². The van der Waals surface area contributed by atoms with Gasteiger partial charge in [0.25, 0.3) is 0 Å². The molecule has 2 rings (SSSR count). The molecule has 0 spiro atoms. The van der Waals surface area contributed by atoms with Crippen LogP contribution in [0.1, 0.15) is 51.9 Å². The first-order valence-corrected chi connectivity index (χ1v) is 7.79. The van der Waals surface area contributed by atoms with E-state index in [1.165, 1.54) is 4.90 Å². The van der Waals surface area contributed by atoms with E-state index in [1.54, 1.807) is 0 Å². The van der Waals surface area contributed by atoms with Crippen LogP contribution < -0.4 is 5.32 Å². The quantitative estimate of drug-likeness (QED) is 0.796. The second kappa shape index (κ2) is 6.45. The second-order valence-electron chi connectivity index (χ2n) is 6.21. The number of likely N-dealkylation sites (tertiary alicyclic amines) is 1. The molecule has 2 aliphatic rings. The third-order valence-electron chi connectivity index (χ3n) is 4.83. The summed E-state index contributed by atoms with van der Waals surface area (Å²) in [7, 11) is 0. The zero-order valence-electron chi connectivity index (χ0n) is 12.6. The normalized spacial score (nSPS) is 29.5. The minimum Gasteiger partial charge on any atom is -0.480 e. The molecule has 0 atom stereocenters. The summed E-state index contributed by atoms with van der Waals surface area (Å²) in [6, 6.07) is 0. The fourth-order valence-corrected chi connectivity index (χ4v) is 3.32. The van der Waals surface area contributed by atoms with Gasteiger partial charge >= 0.3 is 5.97 Å². The standard InChI is InChI=1S/C15H24N2O4/c1-2-11-5-7-15(8-6-11,14(20)21)16-12(18)10-17-9-3-4-13(17)19/h11H,2-10H2,1H3,(H,16,18)(H,20,21). The van der Waals surface area contributed by atoms with E-state index in [9.17, 15) is 19.5 Å². The van der Waals surface area contributed by atoms with E-state index in [0.29, 0.717) is 31.7 Å². The molecule has 2 amide bonds. The first-order valence-electron chi connectivity index (χ1n) is 7.79. The number of nitrogens with one attached hydrogen (secondary N) is 1. The maximum atomic E-state index is 12.1. The second-order valence-corrected chi connectivity index (χ2v) is 6.21. The number of carboxylic acid groups (broad SMARTS) is 1. The number of carbonyl (C=O) groups excluding carboxylic acids is 2. The highest BCUT2D eigenvalue weighted by molar-refractivity contribution is 5.90. The summed E-state index contributed by atoms with van der Waals surface area (Å²) in [5.74, 6) is -0.792. The Hall–Kier alpha value is -1.59. The molecule has 0 bridgehead atoms. The third-order valence-corrected chi connectivity index (χ3v) is 4.83. The first kappa shape index (κ1) is 15.8. The van der Waals surface area contributed by atoms with Crippen LogP contribution in [0.15, 0.2) is 0 Å². The van der Waals surface area contributed by atoms with Gasteiger partial charge < -0.3 is 15.3 Å². The van der Waals surface area contributed by atoms with Gasteiger partial charge in [0.1, 0.15) is 5.54 Å². The molecule has 118 valence electrons. The van der Waals surface area contributed by atoms with E-state index in [1.807, 2.05) is 0 Å². The van der Waals surface area contributed by atoms with Gasteiger partial charge in [0.2, 0.25) is 11.8 Å². The molecule has 0 aromatic carbocycles. The van der Waals surface area contributed by atoms with Gasteiger partial charge in [0.05, 0.1) is 6.54 Å².